The van der Waals surface area contributed by atoms with E-state index in [0.717, 1.165) is 6.42 Å². The Morgan fingerprint density at radius 2 is 2.18 bits per heavy atom. The van der Waals surface area contributed by atoms with Crippen molar-refractivity contribution in [1.82, 2.24) is 4.90 Å². The Morgan fingerprint density at radius 3 is 2.82 bits per heavy atom. The van der Waals surface area contributed by atoms with E-state index in [1.165, 1.54) is 11.3 Å². The van der Waals surface area contributed by atoms with Gasteiger partial charge in [0.15, 0.2) is 0 Å². The minimum Gasteiger partial charge on any atom is -0.324 e. The molecule has 22 heavy (non-hydrogen) atoms. The molecule has 1 aromatic heterocycles. The lowest BCUT2D eigenvalue weighted by molar-refractivity contribution is -0.127. The molecule has 0 atom stereocenters. The van der Waals surface area contributed by atoms with Gasteiger partial charge in [0.05, 0.1) is 4.88 Å². The van der Waals surface area contributed by atoms with Gasteiger partial charge in [-0.05, 0) is 36.1 Å². The van der Waals surface area contributed by atoms with E-state index in [9.17, 15) is 9.59 Å². The molecular formula is C16H15ClN2O2S. The van der Waals surface area contributed by atoms with E-state index in [2.05, 4.69) is 0 Å². The monoisotopic (exact) mass is 334 g/mol. The van der Waals surface area contributed by atoms with E-state index in [0.29, 0.717) is 28.6 Å². The molecule has 0 saturated carbocycles. The number of carbonyl (C=O) groups excluding carboxylic acids is 2. The molecule has 1 fully saturated rings. The summed E-state index contributed by atoms with van der Waals surface area (Å²) in [6.07, 6.45) is 1.39. The number of nitrogens with zero attached hydrogens (tertiary/aromatic N) is 2. The Balaban J connectivity index is 1.91. The first-order chi connectivity index (χ1) is 10.6. The Labute approximate surface area is 137 Å². The number of rotatable bonds is 4. The number of thiophene rings is 1. The predicted octanol–water partition coefficient (Wildman–Crippen LogP) is 3.63. The minimum absolute atomic E-state index is 0.0889. The van der Waals surface area contributed by atoms with E-state index in [1.807, 2.05) is 17.5 Å². The second kappa shape index (κ2) is 6.50. The number of hydrogen-bond donors (Lipinski definition) is 0. The summed E-state index contributed by atoms with van der Waals surface area (Å²) in [4.78, 5) is 28.6. The van der Waals surface area contributed by atoms with E-state index >= 15 is 0 Å². The van der Waals surface area contributed by atoms with E-state index in [1.54, 1.807) is 34.1 Å². The van der Waals surface area contributed by atoms with Crippen molar-refractivity contribution in [2.75, 3.05) is 18.1 Å². The van der Waals surface area contributed by atoms with Gasteiger partial charge in [-0.15, -0.1) is 11.3 Å². The summed E-state index contributed by atoms with van der Waals surface area (Å²) in [6.45, 7) is 0.948. The molecular weight excluding hydrogens is 320 g/mol. The molecule has 2 amide bonds. The average Bonchev–Trinajstić information content (AvgIpc) is 3.16. The number of hydrogen-bond acceptors (Lipinski definition) is 3. The second-order valence-electron chi connectivity index (χ2n) is 5.09. The summed E-state index contributed by atoms with van der Waals surface area (Å²) < 4.78 is 0. The molecule has 2 aromatic rings. The van der Waals surface area contributed by atoms with Gasteiger partial charge in [0.25, 0.3) is 5.91 Å². The van der Waals surface area contributed by atoms with Crippen molar-refractivity contribution in [2.45, 2.75) is 12.8 Å². The molecule has 1 aliphatic rings. The number of halogens is 1. The van der Waals surface area contributed by atoms with Crippen LogP contribution in [0, 0.1) is 0 Å². The molecule has 0 N–H and O–H groups in total. The zero-order valence-electron chi connectivity index (χ0n) is 11.9. The van der Waals surface area contributed by atoms with Crippen LogP contribution in [0.5, 0.6) is 0 Å². The van der Waals surface area contributed by atoms with Gasteiger partial charge in [-0.25, -0.2) is 0 Å². The highest BCUT2D eigenvalue weighted by Gasteiger charge is 2.26. The first kappa shape index (κ1) is 15.1. The van der Waals surface area contributed by atoms with Crippen LogP contribution in [0.3, 0.4) is 0 Å². The lowest BCUT2D eigenvalue weighted by Crippen LogP contribution is -2.42. The van der Waals surface area contributed by atoms with Crippen molar-refractivity contribution >= 4 is 40.4 Å². The van der Waals surface area contributed by atoms with Gasteiger partial charge in [-0.2, -0.15) is 0 Å². The van der Waals surface area contributed by atoms with Gasteiger partial charge >= 0.3 is 0 Å². The normalized spacial score (nSPS) is 14.4. The zero-order chi connectivity index (χ0) is 15.5. The van der Waals surface area contributed by atoms with Crippen LogP contribution in [0.25, 0.3) is 0 Å². The first-order valence-electron chi connectivity index (χ1n) is 7.04. The number of anilines is 1. The number of benzene rings is 1. The van der Waals surface area contributed by atoms with Crippen molar-refractivity contribution < 1.29 is 9.59 Å². The van der Waals surface area contributed by atoms with Gasteiger partial charge in [0.1, 0.15) is 6.67 Å². The largest absolute Gasteiger partial charge is 0.324 e. The van der Waals surface area contributed by atoms with Crippen molar-refractivity contribution in [1.29, 1.82) is 0 Å². The SMILES string of the molecule is O=C1CCCN1CN(C(=O)c1cccs1)c1cccc(Cl)c1. The summed E-state index contributed by atoms with van der Waals surface area (Å²) in [5.74, 6) is -0.0250. The molecule has 0 radical (unpaired) electrons. The quantitative estimate of drug-likeness (QED) is 0.856. The van der Waals surface area contributed by atoms with Crippen molar-refractivity contribution in [3.63, 3.8) is 0 Å². The fraction of sp³-hybridized carbons (Fsp3) is 0.250. The molecule has 1 aromatic carbocycles. The molecule has 3 rings (SSSR count). The summed E-state index contributed by atoms with van der Waals surface area (Å²) in [5, 5.41) is 2.43. The molecule has 0 aliphatic carbocycles. The molecule has 6 heteroatoms. The summed E-state index contributed by atoms with van der Waals surface area (Å²) in [6, 6.07) is 10.8. The fourth-order valence-corrected chi connectivity index (χ4v) is 3.32. The maximum atomic E-state index is 12.8. The van der Waals surface area contributed by atoms with Crippen LogP contribution in [-0.4, -0.2) is 29.9 Å². The zero-order valence-corrected chi connectivity index (χ0v) is 13.4. The Kier molecular flexibility index (Phi) is 4.45. The molecule has 1 aliphatic heterocycles. The third kappa shape index (κ3) is 3.15. The van der Waals surface area contributed by atoms with E-state index in [4.69, 9.17) is 11.6 Å². The van der Waals surface area contributed by atoms with E-state index < -0.39 is 0 Å². The summed E-state index contributed by atoms with van der Waals surface area (Å²) in [7, 11) is 0. The molecule has 4 nitrogen and oxygen atoms in total. The van der Waals surface area contributed by atoms with Crippen LogP contribution in [0.1, 0.15) is 22.5 Å². The third-order valence-electron chi connectivity index (χ3n) is 3.58. The van der Waals surface area contributed by atoms with Crippen LogP contribution < -0.4 is 4.90 Å². The molecule has 0 bridgehead atoms. The van der Waals surface area contributed by atoms with Crippen LogP contribution >= 0.6 is 22.9 Å². The summed E-state index contributed by atoms with van der Waals surface area (Å²) >= 11 is 7.44. The van der Waals surface area contributed by atoms with Gasteiger partial charge in [-0.3, -0.25) is 14.5 Å². The second-order valence-corrected chi connectivity index (χ2v) is 6.48. The van der Waals surface area contributed by atoms with Crippen LogP contribution in [0.2, 0.25) is 5.02 Å². The molecule has 1 saturated heterocycles. The Hall–Kier alpha value is -1.85. The summed E-state index contributed by atoms with van der Waals surface area (Å²) in [5.41, 5.74) is 0.700. The number of carbonyl (C=O) groups is 2. The predicted molar refractivity (Wildman–Crippen MR) is 88.4 cm³/mol. The average molecular weight is 335 g/mol. The van der Waals surface area contributed by atoms with Gasteiger partial charge in [0.2, 0.25) is 5.91 Å². The van der Waals surface area contributed by atoms with Gasteiger partial charge in [-0.1, -0.05) is 23.7 Å². The Morgan fingerprint density at radius 1 is 1.32 bits per heavy atom. The maximum Gasteiger partial charge on any atom is 0.269 e. The number of likely N-dealkylation sites (tertiary alicyclic amines) is 1. The van der Waals surface area contributed by atoms with E-state index in [-0.39, 0.29) is 18.5 Å². The fourth-order valence-electron chi connectivity index (χ4n) is 2.46. The van der Waals surface area contributed by atoms with Crippen LogP contribution in [0.15, 0.2) is 41.8 Å². The van der Waals surface area contributed by atoms with Crippen molar-refractivity contribution in [2.24, 2.45) is 0 Å². The molecule has 114 valence electrons. The maximum absolute atomic E-state index is 12.8. The topological polar surface area (TPSA) is 40.6 Å². The Bertz CT molecular complexity index is 687. The highest BCUT2D eigenvalue weighted by atomic mass is 35.5. The first-order valence-corrected chi connectivity index (χ1v) is 8.29. The molecule has 0 unspecified atom stereocenters. The molecule has 2 heterocycles. The lowest BCUT2D eigenvalue weighted by Gasteiger charge is -2.27. The highest BCUT2D eigenvalue weighted by Crippen LogP contribution is 2.24. The third-order valence-corrected chi connectivity index (χ3v) is 4.67. The standard InChI is InChI=1S/C16H15ClN2O2S/c17-12-4-1-5-13(10-12)19(11-18-8-2-7-15(18)20)16(21)14-6-3-9-22-14/h1,3-6,9-10H,2,7-8,11H2. The lowest BCUT2D eigenvalue weighted by atomic mass is 10.2. The number of amides is 2. The minimum atomic E-state index is -0.114. The highest BCUT2D eigenvalue weighted by molar-refractivity contribution is 7.12. The van der Waals surface area contributed by atoms with Crippen LogP contribution in [0.4, 0.5) is 5.69 Å². The van der Waals surface area contributed by atoms with Crippen LogP contribution in [-0.2, 0) is 4.79 Å². The van der Waals surface area contributed by atoms with Gasteiger partial charge < -0.3 is 4.90 Å². The van der Waals surface area contributed by atoms with Crippen molar-refractivity contribution in [3.05, 3.63) is 51.7 Å². The molecule has 0 spiro atoms. The van der Waals surface area contributed by atoms with Crippen molar-refractivity contribution in [3.8, 4) is 0 Å². The smallest absolute Gasteiger partial charge is 0.269 e. The van der Waals surface area contributed by atoms with Gasteiger partial charge in [0, 0.05) is 23.7 Å².